The monoisotopic (exact) mass is 547 g/mol. The number of aromatic nitrogens is 4. The first-order valence-corrected chi connectivity index (χ1v) is 15.1. The molecule has 3 N–H and O–H groups in total. The van der Waals surface area contributed by atoms with Gasteiger partial charge in [0.1, 0.15) is 11.3 Å². The Hall–Kier alpha value is -3.81. The Morgan fingerprint density at radius 3 is 2.49 bits per heavy atom. The Morgan fingerprint density at radius 2 is 1.78 bits per heavy atom. The smallest absolute Gasteiger partial charge is 0.165 e. The lowest BCUT2D eigenvalue weighted by atomic mass is 9.71. The highest BCUT2D eigenvalue weighted by atomic mass is 15.1. The van der Waals surface area contributed by atoms with Crippen LogP contribution in [0.5, 0.6) is 0 Å². The zero-order valence-electron chi connectivity index (χ0n) is 24.3. The number of nitrogens with zero attached hydrogens (tertiary/aromatic N) is 5. The first-order valence-electron chi connectivity index (χ1n) is 15.1. The van der Waals surface area contributed by atoms with Crippen LogP contribution in [-0.4, -0.2) is 50.6 Å². The van der Waals surface area contributed by atoms with E-state index in [-0.39, 0.29) is 0 Å². The standard InChI is InChI=1S/C34H41N7/c1-3-6-26(7-4-2)29-13-14-30-33(38-29)41(32(39-30)28-8-5-19-37-31(28)35)27-11-9-25(10-12-27)24-40-22-17-34(18-23-40)15-20-36-21-16-34/h3,5-14,19,36H,4,15-18,20-24H2,1-2H3,(H2,35,37)/b6-3-,26-7+. The number of nitrogen functional groups attached to an aromatic ring is 1. The minimum Gasteiger partial charge on any atom is -0.383 e. The Balaban J connectivity index is 1.33. The molecule has 7 nitrogen and oxygen atoms in total. The van der Waals surface area contributed by atoms with Gasteiger partial charge in [-0.25, -0.2) is 15.0 Å². The third-order valence-electron chi connectivity index (χ3n) is 8.83. The second-order valence-corrected chi connectivity index (χ2v) is 11.5. The van der Waals surface area contributed by atoms with Crippen LogP contribution in [0.15, 0.2) is 73.0 Å². The number of anilines is 1. The lowest BCUT2D eigenvalue weighted by Crippen LogP contribution is -2.45. The van der Waals surface area contributed by atoms with Gasteiger partial charge in [-0.15, -0.1) is 0 Å². The topological polar surface area (TPSA) is 84.9 Å². The quantitative estimate of drug-likeness (QED) is 0.261. The van der Waals surface area contributed by atoms with Gasteiger partial charge in [0.25, 0.3) is 0 Å². The maximum Gasteiger partial charge on any atom is 0.165 e. The lowest BCUT2D eigenvalue weighted by Gasteiger charge is -2.44. The number of allylic oxidation sites excluding steroid dienone is 4. The summed E-state index contributed by atoms with van der Waals surface area (Å²) in [7, 11) is 0. The summed E-state index contributed by atoms with van der Waals surface area (Å²) in [6.45, 7) is 9.89. The number of piperidine rings is 2. The molecule has 0 saturated carbocycles. The average Bonchev–Trinajstić information content (AvgIpc) is 3.38. The molecule has 0 radical (unpaired) electrons. The molecule has 6 rings (SSSR count). The van der Waals surface area contributed by atoms with Crippen molar-refractivity contribution in [2.24, 2.45) is 5.41 Å². The Labute approximate surface area is 243 Å². The summed E-state index contributed by atoms with van der Waals surface area (Å²) in [6, 6.07) is 16.9. The van der Waals surface area contributed by atoms with E-state index in [0.717, 1.165) is 52.5 Å². The maximum atomic E-state index is 6.35. The van der Waals surface area contributed by atoms with Crippen LogP contribution < -0.4 is 11.1 Å². The third kappa shape index (κ3) is 5.69. The molecule has 3 aromatic heterocycles. The highest BCUT2D eigenvalue weighted by Gasteiger charge is 2.35. The average molecular weight is 548 g/mol. The van der Waals surface area contributed by atoms with Gasteiger partial charge in [-0.2, -0.15) is 0 Å². The van der Waals surface area contributed by atoms with Gasteiger partial charge in [0.05, 0.1) is 11.3 Å². The third-order valence-corrected chi connectivity index (χ3v) is 8.83. The van der Waals surface area contributed by atoms with E-state index in [1.165, 1.54) is 57.4 Å². The summed E-state index contributed by atoms with van der Waals surface area (Å²) >= 11 is 0. The van der Waals surface area contributed by atoms with E-state index < -0.39 is 0 Å². The summed E-state index contributed by atoms with van der Waals surface area (Å²) in [5.41, 5.74) is 13.7. The van der Waals surface area contributed by atoms with E-state index in [0.29, 0.717) is 11.2 Å². The van der Waals surface area contributed by atoms with Crippen LogP contribution in [0.3, 0.4) is 0 Å². The molecule has 2 aliphatic heterocycles. The Kier molecular flexibility index (Phi) is 7.99. The second-order valence-electron chi connectivity index (χ2n) is 11.5. The van der Waals surface area contributed by atoms with E-state index >= 15 is 0 Å². The van der Waals surface area contributed by atoms with Gasteiger partial charge in [-0.05, 0) is 118 Å². The summed E-state index contributed by atoms with van der Waals surface area (Å²) in [4.78, 5) is 17.1. The van der Waals surface area contributed by atoms with Gasteiger partial charge >= 0.3 is 0 Å². The molecule has 1 aromatic carbocycles. The van der Waals surface area contributed by atoms with E-state index in [2.05, 4.69) is 75.3 Å². The van der Waals surface area contributed by atoms with Crippen molar-refractivity contribution < 1.29 is 0 Å². The van der Waals surface area contributed by atoms with Gasteiger partial charge in [0.2, 0.25) is 0 Å². The number of likely N-dealkylation sites (tertiary alicyclic amines) is 1. The van der Waals surface area contributed by atoms with Gasteiger partial charge in [0, 0.05) is 18.4 Å². The van der Waals surface area contributed by atoms with Crippen molar-refractivity contribution in [3.05, 3.63) is 84.2 Å². The number of imidazole rings is 1. The zero-order chi connectivity index (χ0) is 28.2. The van der Waals surface area contributed by atoms with E-state index in [1.807, 2.05) is 25.1 Å². The SMILES string of the molecule is C/C=C\C(=C/CC)c1ccc2nc(-c3cccnc3N)n(-c3ccc(CN4CCC5(CCNCC5)CC4)cc3)c2n1. The highest BCUT2D eigenvalue weighted by Crippen LogP contribution is 2.40. The lowest BCUT2D eigenvalue weighted by molar-refractivity contribution is 0.0701. The molecule has 4 aromatic rings. The van der Waals surface area contributed by atoms with E-state index in [9.17, 15) is 0 Å². The summed E-state index contributed by atoms with van der Waals surface area (Å²) in [6.07, 6.45) is 14.3. The summed E-state index contributed by atoms with van der Waals surface area (Å²) in [5, 5.41) is 3.53. The molecule has 1 spiro atoms. The molecule has 2 saturated heterocycles. The molecule has 0 aliphatic carbocycles. The van der Waals surface area contributed by atoms with Crippen molar-refractivity contribution >= 4 is 22.6 Å². The zero-order valence-corrected chi connectivity index (χ0v) is 24.3. The molecule has 0 amide bonds. The van der Waals surface area contributed by atoms with Crippen molar-refractivity contribution in [2.75, 3.05) is 31.9 Å². The number of hydrogen-bond donors (Lipinski definition) is 2. The van der Waals surface area contributed by atoms with Crippen LogP contribution >= 0.6 is 0 Å². The first kappa shape index (κ1) is 27.4. The van der Waals surface area contributed by atoms with Crippen molar-refractivity contribution in [3.63, 3.8) is 0 Å². The molecule has 5 heterocycles. The Bertz CT molecular complexity index is 1550. The molecule has 212 valence electrons. The normalized spacial score (nSPS) is 18.0. The molecule has 41 heavy (non-hydrogen) atoms. The fourth-order valence-electron chi connectivity index (χ4n) is 6.46. The predicted molar refractivity (Wildman–Crippen MR) is 169 cm³/mol. The highest BCUT2D eigenvalue weighted by molar-refractivity contribution is 5.85. The van der Waals surface area contributed by atoms with E-state index in [4.69, 9.17) is 15.7 Å². The summed E-state index contributed by atoms with van der Waals surface area (Å²) in [5.74, 6) is 1.20. The van der Waals surface area contributed by atoms with Crippen LogP contribution in [-0.2, 0) is 6.54 Å². The number of pyridine rings is 2. The van der Waals surface area contributed by atoms with Gasteiger partial charge in [0.15, 0.2) is 11.5 Å². The number of rotatable bonds is 7. The maximum absolute atomic E-state index is 6.35. The molecule has 2 aliphatic rings. The van der Waals surface area contributed by atoms with Gasteiger partial charge < -0.3 is 11.1 Å². The van der Waals surface area contributed by atoms with Crippen molar-refractivity contribution in [2.45, 2.75) is 52.5 Å². The molecule has 2 fully saturated rings. The fraction of sp³-hybridized carbons (Fsp3) is 0.382. The van der Waals surface area contributed by atoms with Crippen molar-refractivity contribution in [1.29, 1.82) is 0 Å². The molecule has 0 bridgehead atoms. The van der Waals surface area contributed by atoms with Crippen molar-refractivity contribution in [3.8, 4) is 17.1 Å². The number of nitrogens with one attached hydrogen (secondary N) is 1. The van der Waals surface area contributed by atoms with E-state index in [1.54, 1.807) is 6.20 Å². The van der Waals surface area contributed by atoms with Crippen LogP contribution in [0.4, 0.5) is 5.82 Å². The minimum absolute atomic E-state index is 0.456. The minimum atomic E-state index is 0.456. The second kappa shape index (κ2) is 12.0. The van der Waals surface area contributed by atoms with Crippen LogP contribution in [0.25, 0.3) is 33.8 Å². The molecule has 7 heteroatoms. The number of fused-ring (bicyclic) bond motifs is 1. The number of benzene rings is 1. The van der Waals surface area contributed by atoms with Gasteiger partial charge in [-0.1, -0.05) is 37.3 Å². The van der Waals surface area contributed by atoms with Crippen LogP contribution in [0.2, 0.25) is 0 Å². The van der Waals surface area contributed by atoms with Crippen LogP contribution in [0, 0.1) is 5.41 Å². The number of nitrogens with two attached hydrogens (primary N) is 1. The first-order chi connectivity index (χ1) is 20.1. The van der Waals surface area contributed by atoms with Gasteiger partial charge in [-0.3, -0.25) is 9.47 Å². The van der Waals surface area contributed by atoms with Crippen LogP contribution in [0.1, 0.15) is 57.2 Å². The molecule has 0 atom stereocenters. The summed E-state index contributed by atoms with van der Waals surface area (Å²) < 4.78 is 2.12. The largest absolute Gasteiger partial charge is 0.383 e. The fourth-order valence-corrected chi connectivity index (χ4v) is 6.46. The number of hydrogen-bond acceptors (Lipinski definition) is 6. The molecular formula is C34H41N7. The predicted octanol–water partition coefficient (Wildman–Crippen LogP) is 6.40. The molecule has 0 unspecified atom stereocenters. The molecular weight excluding hydrogens is 506 g/mol. The van der Waals surface area contributed by atoms with Crippen molar-refractivity contribution in [1.82, 2.24) is 29.7 Å². The Morgan fingerprint density at radius 1 is 1.00 bits per heavy atom.